The third-order valence-corrected chi connectivity index (χ3v) is 2.95. The maximum absolute atomic E-state index is 8.78. The van der Waals surface area contributed by atoms with Gasteiger partial charge in [0, 0.05) is 0 Å². The van der Waals surface area contributed by atoms with E-state index in [0.717, 1.165) is 19.3 Å². The fraction of sp³-hybridized carbons (Fsp3) is 0.727. The number of halogens is 1. The second kappa shape index (κ2) is 6.88. The van der Waals surface area contributed by atoms with Crippen LogP contribution in [-0.4, -0.2) is 16.3 Å². The molecular weight excluding hydrogens is 198 g/mol. The van der Waals surface area contributed by atoms with Crippen molar-refractivity contribution in [2.75, 3.05) is 0 Å². The van der Waals surface area contributed by atoms with Gasteiger partial charge in [0.15, 0.2) is 0 Å². The first kappa shape index (κ1) is 11.6. The smallest absolute Gasteiger partial charge is 0.0931 e. The third-order valence-electron chi connectivity index (χ3n) is 2.56. The minimum Gasteiger partial charge on any atom is -0.411 e. The van der Waals surface area contributed by atoms with Gasteiger partial charge in [-0.3, -0.25) is 0 Å². The Morgan fingerprint density at radius 1 is 1.21 bits per heavy atom. The summed E-state index contributed by atoms with van der Waals surface area (Å²) in [5.74, 6) is 0. The van der Waals surface area contributed by atoms with E-state index in [1.54, 1.807) is 0 Å². The molecule has 0 bridgehead atoms. The van der Waals surface area contributed by atoms with Gasteiger partial charge in [0.25, 0.3) is 0 Å². The van der Waals surface area contributed by atoms with Crippen LogP contribution in [0, 0.1) is 0 Å². The molecule has 0 heterocycles. The molecule has 1 aliphatic carbocycles. The molecular formula is C11H18ClNO. The minimum atomic E-state index is -0.224. The maximum Gasteiger partial charge on any atom is 0.0931 e. The van der Waals surface area contributed by atoms with Crippen molar-refractivity contribution in [2.24, 2.45) is 5.16 Å². The lowest BCUT2D eigenvalue weighted by Crippen LogP contribution is -2.11. The average Bonchev–Trinajstić information content (AvgIpc) is 2.24. The van der Waals surface area contributed by atoms with Gasteiger partial charge in [0.05, 0.1) is 11.1 Å². The second-order valence-electron chi connectivity index (χ2n) is 3.73. The molecule has 0 aromatic carbocycles. The van der Waals surface area contributed by atoms with Crippen LogP contribution < -0.4 is 0 Å². The van der Waals surface area contributed by atoms with E-state index in [9.17, 15) is 0 Å². The van der Waals surface area contributed by atoms with Gasteiger partial charge in [0.2, 0.25) is 0 Å². The van der Waals surface area contributed by atoms with Crippen LogP contribution in [0.4, 0.5) is 0 Å². The van der Waals surface area contributed by atoms with Gasteiger partial charge in [0.1, 0.15) is 0 Å². The van der Waals surface area contributed by atoms with Gasteiger partial charge in [-0.2, -0.15) is 0 Å². The van der Waals surface area contributed by atoms with Crippen LogP contribution in [0.15, 0.2) is 17.3 Å². The van der Waals surface area contributed by atoms with Crippen LogP contribution in [0.2, 0.25) is 0 Å². The van der Waals surface area contributed by atoms with Crippen molar-refractivity contribution in [1.29, 1.82) is 0 Å². The zero-order chi connectivity index (χ0) is 10.2. The summed E-state index contributed by atoms with van der Waals surface area (Å²) >= 11 is 6.06. The molecule has 14 heavy (non-hydrogen) atoms. The molecule has 80 valence electrons. The van der Waals surface area contributed by atoms with E-state index in [1.165, 1.54) is 25.7 Å². The van der Waals surface area contributed by atoms with E-state index in [2.05, 4.69) is 11.2 Å². The Bertz CT molecular complexity index is 213. The molecule has 1 atom stereocenters. The van der Waals surface area contributed by atoms with E-state index in [4.69, 9.17) is 16.8 Å². The first-order valence-electron chi connectivity index (χ1n) is 5.36. The number of alkyl halides is 1. The number of hydrogen-bond donors (Lipinski definition) is 1. The van der Waals surface area contributed by atoms with Gasteiger partial charge in [-0.15, -0.1) is 11.6 Å². The summed E-state index contributed by atoms with van der Waals surface area (Å²) in [5.41, 5.74) is 0.699. The van der Waals surface area contributed by atoms with Crippen molar-refractivity contribution in [3.8, 4) is 0 Å². The van der Waals surface area contributed by atoms with Crippen molar-refractivity contribution in [1.82, 2.24) is 0 Å². The average molecular weight is 216 g/mol. The summed E-state index contributed by atoms with van der Waals surface area (Å²) in [5, 5.41) is 11.8. The van der Waals surface area contributed by atoms with E-state index in [-0.39, 0.29) is 5.38 Å². The van der Waals surface area contributed by atoms with Crippen LogP contribution >= 0.6 is 11.6 Å². The Morgan fingerprint density at radius 3 is 2.71 bits per heavy atom. The van der Waals surface area contributed by atoms with Gasteiger partial charge in [-0.05, 0) is 25.7 Å². The molecule has 0 amide bonds. The maximum atomic E-state index is 8.78. The van der Waals surface area contributed by atoms with Crippen molar-refractivity contribution in [2.45, 2.75) is 50.3 Å². The van der Waals surface area contributed by atoms with E-state index >= 15 is 0 Å². The molecule has 3 heteroatoms. The van der Waals surface area contributed by atoms with E-state index in [0.29, 0.717) is 5.71 Å². The van der Waals surface area contributed by atoms with Crippen LogP contribution in [-0.2, 0) is 0 Å². The zero-order valence-corrected chi connectivity index (χ0v) is 9.21. The molecule has 1 unspecified atom stereocenters. The van der Waals surface area contributed by atoms with Gasteiger partial charge in [-0.1, -0.05) is 36.6 Å². The molecule has 1 rings (SSSR count). The van der Waals surface area contributed by atoms with Crippen molar-refractivity contribution in [3.05, 3.63) is 12.2 Å². The molecule has 0 saturated carbocycles. The quantitative estimate of drug-likeness (QED) is 0.284. The standard InChI is InChI=1S/C11H18ClNO/c12-10-8-6-4-2-1-3-5-7-9-11(10)13-14/h6,8,10,14H,1-5,7,9H2. The first-order chi connectivity index (χ1) is 6.84. The van der Waals surface area contributed by atoms with Crippen LogP contribution in [0.1, 0.15) is 44.9 Å². The molecule has 1 aliphatic rings. The zero-order valence-electron chi connectivity index (χ0n) is 8.45. The number of hydrogen-bond acceptors (Lipinski definition) is 2. The predicted molar refractivity (Wildman–Crippen MR) is 60.3 cm³/mol. The fourth-order valence-corrected chi connectivity index (χ4v) is 1.92. The predicted octanol–water partition coefficient (Wildman–Crippen LogP) is 3.72. The molecule has 0 saturated heterocycles. The molecule has 0 aliphatic heterocycles. The second-order valence-corrected chi connectivity index (χ2v) is 4.20. The van der Waals surface area contributed by atoms with E-state index in [1.807, 2.05) is 6.08 Å². The SMILES string of the molecule is ON=C1CCCCCCCC=CC1Cl. The number of rotatable bonds is 0. The molecule has 1 N–H and O–H groups in total. The topological polar surface area (TPSA) is 32.6 Å². The largest absolute Gasteiger partial charge is 0.411 e. The Morgan fingerprint density at radius 2 is 1.93 bits per heavy atom. The monoisotopic (exact) mass is 215 g/mol. The number of nitrogens with zero attached hydrogens (tertiary/aromatic N) is 1. The highest BCUT2D eigenvalue weighted by Gasteiger charge is 2.10. The molecule has 2 nitrogen and oxygen atoms in total. The summed E-state index contributed by atoms with van der Waals surface area (Å²) in [6.07, 6.45) is 12.0. The highest BCUT2D eigenvalue weighted by molar-refractivity contribution is 6.33. The lowest BCUT2D eigenvalue weighted by Gasteiger charge is -2.06. The van der Waals surface area contributed by atoms with Crippen LogP contribution in [0.3, 0.4) is 0 Å². The van der Waals surface area contributed by atoms with Gasteiger partial charge < -0.3 is 5.21 Å². The summed E-state index contributed by atoms with van der Waals surface area (Å²) in [6, 6.07) is 0. The Balaban J connectivity index is 2.53. The summed E-state index contributed by atoms with van der Waals surface area (Å²) in [4.78, 5) is 0. The molecule has 0 spiro atoms. The third kappa shape index (κ3) is 4.14. The van der Waals surface area contributed by atoms with Crippen LogP contribution in [0.25, 0.3) is 0 Å². The number of allylic oxidation sites excluding steroid dienone is 2. The number of oxime groups is 1. The Labute approximate surface area is 90.6 Å². The minimum absolute atomic E-state index is 0.224. The molecule has 0 radical (unpaired) electrons. The highest BCUT2D eigenvalue weighted by atomic mass is 35.5. The molecule has 0 aromatic rings. The van der Waals surface area contributed by atoms with Crippen molar-refractivity contribution < 1.29 is 5.21 Å². The Kier molecular flexibility index (Phi) is 5.69. The normalized spacial score (nSPS) is 28.6. The lowest BCUT2D eigenvalue weighted by molar-refractivity contribution is 0.316. The summed E-state index contributed by atoms with van der Waals surface area (Å²) in [6.45, 7) is 0. The van der Waals surface area contributed by atoms with Crippen molar-refractivity contribution >= 4 is 17.3 Å². The molecule has 0 fully saturated rings. The first-order valence-corrected chi connectivity index (χ1v) is 5.80. The molecule has 0 aromatic heterocycles. The van der Waals surface area contributed by atoms with Crippen LogP contribution in [0.5, 0.6) is 0 Å². The van der Waals surface area contributed by atoms with Gasteiger partial charge >= 0.3 is 0 Å². The Hall–Kier alpha value is -0.500. The summed E-state index contributed by atoms with van der Waals surface area (Å²) in [7, 11) is 0. The highest BCUT2D eigenvalue weighted by Crippen LogP contribution is 2.14. The van der Waals surface area contributed by atoms with E-state index < -0.39 is 0 Å². The lowest BCUT2D eigenvalue weighted by atomic mass is 10.1. The van der Waals surface area contributed by atoms with Crippen molar-refractivity contribution in [3.63, 3.8) is 0 Å². The summed E-state index contributed by atoms with van der Waals surface area (Å²) < 4.78 is 0. The van der Waals surface area contributed by atoms with Gasteiger partial charge in [-0.25, -0.2) is 0 Å². The fourth-order valence-electron chi connectivity index (χ4n) is 1.67.